The van der Waals surface area contributed by atoms with E-state index >= 15 is 0 Å². The van der Waals surface area contributed by atoms with Crippen LogP contribution < -0.4 is 26.6 Å². The number of likely N-dealkylation sites (N-methyl/N-ethyl adjacent to an activating group) is 1. The second kappa shape index (κ2) is 9.49. The van der Waals surface area contributed by atoms with Gasteiger partial charge in [0, 0.05) is 31.2 Å². The van der Waals surface area contributed by atoms with E-state index in [1.807, 2.05) is 0 Å². The number of carbonyl (C=O) groups excluding carboxylic acids is 3. The number of aromatic amines is 1. The topological polar surface area (TPSA) is 154 Å². The highest BCUT2D eigenvalue weighted by Gasteiger charge is 2.39. The molecule has 6 N–H and O–H groups in total. The maximum atomic E-state index is 12.7. The number of nitrogens with two attached hydrogens (primary N) is 1. The van der Waals surface area contributed by atoms with Crippen molar-refractivity contribution in [2.24, 2.45) is 5.73 Å². The van der Waals surface area contributed by atoms with Crippen LogP contribution in [0.3, 0.4) is 0 Å². The van der Waals surface area contributed by atoms with Gasteiger partial charge in [0.05, 0.1) is 11.4 Å². The third-order valence-corrected chi connectivity index (χ3v) is 5.51. The van der Waals surface area contributed by atoms with Crippen LogP contribution in [0.1, 0.15) is 44.2 Å². The Hall–Kier alpha value is -3.60. The number of ether oxygens (including phenoxy) is 1. The zero-order valence-corrected chi connectivity index (χ0v) is 19.3. The number of hydrogen-bond donors (Lipinski definition) is 5. The van der Waals surface area contributed by atoms with Crippen LogP contribution in [0.2, 0.25) is 0 Å². The molecule has 3 rings (SSSR count). The number of hydrogen-bond acceptors (Lipinski definition) is 7. The predicted octanol–water partition coefficient (Wildman–Crippen LogP) is 2.05. The smallest absolute Gasteiger partial charge is 0.412 e. The monoisotopic (exact) mass is 457 g/mol. The number of primary amides is 1. The maximum Gasteiger partial charge on any atom is 0.412 e. The van der Waals surface area contributed by atoms with Crippen molar-refractivity contribution in [1.82, 2.24) is 15.3 Å². The minimum atomic E-state index is -0.758. The van der Waals surface area contributed by atoms with Crippen molar-refractivity contribution in [3.8, 4) is 0 Å². The largest absolute Gasteiger partial charge is 0.444 e. The summed E-state index contributed by atoms with van der Waals surface area (Å²) < 4.78 is 5.31. The highest BCUT2D eigenvalue weighted by Crippen LogP contribution is 2.34. The first-order valence-electron chi connectivity index (χ1n) is 10.7. The summed E-state index contributed by atoms with van der Waals surface area (Å²) in [6.07, 6.45) is 3.48. The summed E-state index contributed by atoms with van der Waals surface area (Å²) >= 11 is 0. The van der Waals surface area contributed by atoms with Crippen molar-refractivity contribution < 1.29 is 19.1 Å². The van der Waals surface area contributed by atoms with E-state index in [2.05, 4.69) is 30.8 Å². The van der Waals surface area contributed by atoms with E-state index in [9.17, 15) is 14.4 Å². The van der Waals surface area contributed by atoms with Gasteiger partial charge in [0.25, 0.3) is 5.91 Å². The van der Waals surface area contributed by atoms with Crippen LogP contribution in [0.15, 0.2) is 30.6 Å². The van der Waals surface area contributed by atoms with Gasteiger partial charge in [-0.15, -0.1) is 0 Å². The zero-order chi connectivity index (χ0) is 24.2. The van der Waals surface area contributed by atoms with E-state index in [0.717, 1.165) is 5.69 Å². The molecule has 1 aliphatic rings. The lowest BCUT2D eigenvalue weighted by atomic mass is 9.86. The third kappa shape index (κ3) is 5.80. The Morgan fingerprint density at radius 1 is 1.18 bits per heavy atom. The first kappa shape index (κ1) is 24.1. The molecule has 2 heterocycles. The van der Waals surface area contributed by atoms with Crippen molar-refractivity contribution in [2.75, 3.05) is 35.7 Å². The molecular formula is C22H31N7O4. The van der Waals surface area contributed by atoms with Gasteiger partial charge < -0.3 is 31.0 Å². The molecule has 0 atom stereocenters. The van der Waals surface area contributed by atoms with Gasteiger partial charge in [0.15, 0.2) is 5.82 Å². The number of amides is 3. The van der Waals surface area contributed by atoms with E-state index in [-0.39, 0.29) is 11.7 Å². The molecule has 3 amide bonds. The van der Waals surface area contributed by atoms with Gasteiger partial charge in [-0.05, 0) is 58.9 Å². The molecule has 11 nitrogen and oxygen atoms in total. The number of aromatic nitrogens is 2. The number of carbonyl (C=O) groups is 3. The minimum Gasteiger partial charge on any atom is -0.444 e. The van der Waals surface area contributed by atoms with Crippen LogP contribution in [-0.2, 0) is 9.53 Å². The normalized spacial score (nSPS) is 15.6. The molecule has 1 aliphatic heterocycles. The molecule has 2 aromatic rings. The molecule has 0 bridgehead atoms. The van der Waals surface area contributed by atoms with Crippen molar-refractivity contribution in [3.05, 3.63) is 36.4 Å². The van der Waals surface area contributed by atoms with Gasteiger partial charge in [-0.25, -0.2) is 9.78 Å². The Morgan fingerprint density at radius 3 is 2.42 bits per heavy atom. The molecule has 0 spiro atoms. The van der Waals surface area contributed by atoms with Crippen molar-refractivity contribution >= 4 is 35.0 Å². The number of rotatable bonds is 6. The van der Waals surface area contributed by atoms with Crippen molar-refractivity contribution in [1.29, 1.82) is 0 Å². The quantitative estimate of drug-likeness (QED) is 0.445. The molecular weight excluding hydrogens is 426 g/mol. The lowest BCUT2D eigenvalue weighted by Crippen LogP contribution is -2.59. The lowest BCUT2D eigenvalue weighted by molar-refractivity contribution is -0.125. The minimum absolute atomic E-state index is 0.160. The van der Waals surface area contributed by atoms with Crippen LogP contribution >= 0.6 is 0 Å². The van der Waals surface area contributed by atoms with Gasteiger partial charge in [-0.1, -0.05) is 0 Å². The predicted molar refractivity (Wildman–Crippen MR) is 125 cm³/mol. The maximum absolute atomic E-state index is 12.7. The molecule has 33 heavy (non-hydrogen) atoms. The summed E-state index contributed by atoms with van der Waals surface area (Å²) in [5, 5.41) is 8.60. The summed E-state index contributed by atoms with van der Waals surface area (Å²) in [5.74, 6) is -0.643. The van der Waals surface area contributed by atoms with E-state index in [0.29, 0.717) is 37.3 Å². The van der Waals surface area contributed by atoms with Crippen LogP contribution in [0.4, 0.5) is 21.9 Å². The Balaban J connectivity index is 1.85. The van der Waals surface area contributed by atoms with Crippen LogP contribution in [0.5, 0.6) is 0 Å². The van der Waals surface area contributed by atoms with Crippen LogP contribution in [0, 0.1) is 0 Å². The average Bonchev–Trinajstić information content (AvgIpc) is 3.28. The SMILES string of the molecule is CNC1(C(N)=O)CCN(c2ccc(NC(=O)OC(C)(C)C)cc2NC(=O)c2ncc[nH]2)CC1. The van der Waals surface area contributed by atoms with E-state index < -0.39 is 23.1 Å². The number of anilines is 3. The third-order valence-electron chi connectivity index (χ3n) is 5.51. The van der Waals surface area contributed by atoms with Crippen molar-refractivity contribution in [2.45, 2.75) is 44.8 Å². The molecule has 0 unspecified atom stereocenters. The number of nitrogens with one attached hydrogen (secondary N) is 4. The summed E-state index contributed by atoms with van der Waals surface area (Å²) in [7, 11) is 1.73. The fourth-order valence-corrected chi connectivity index (χ4v) is 3.73. The first-order chi connectivity index (χ1) is 15.5. The number of H-pyrrole nitrogens is 1. The second-order valence-corrected chi connectivity index (χ2v) is 8.93. The Bertz CT molecular complexity index is 1010. The standard InChI is InChI=1S/C22H31N7O4/c1-21(2,3)33-20(32)27-14-5-6-16(15(13-14)28-18(30)17-25-9-10-26-17)29-11-7-22(24-4,8-12-29)19(23)31/h5-6,9-10,13,24H,7-8,11-12H2,1-4H3,(H2,23,31)(H,25,26)(H,27,32)(H,28,30). The molecule has 11 heteroatoms. The summed E-state index contributed by atoms with van der Waals surface area (Å²) in [5.41, 5.74) is 5.91. The zero-order valence-electron chi connectivity index (χ0n) is 19.3. The fourth-order valence-electron chi connectivity index (χ4n) is 3.73. The first-order valence-corrected chi connectivity index (χ1v) is 10.7. The van der Waals surface area contributed by atoms with Gasteiger partial charge >= 0.3 is 6.09 Å². The number of nitrogens with zero attached hydrogens (tertiary/aromatic N) is 2. The van der Waals surface area contributed by atoms with E-state index in [1.165, 1.54) is 6.20 Å². The average molecular weight is 458 g/mol. The Labute approximate surface area is 192 Å². The Morgan fingerprint density at radius 2 is 1.88 bits per heavy atom. The second-order valence-electron chi connectivity index (χ2n) is 8.93. The highest BCUT2D eigenvalue weighted by atomic mass is 16.6. The fraction of sp³-hybridized carbons (Fsp3) is 0.455. The number of imidazole rings is 1. The summed E-state index contributed by atoms with van der Waals surface area (Å²) in [6, 6.07) is 5.20. The number of piperidine rings is 1. The molecule has 0 aliphatic carbocycles. The molecule has 1 saturated heterocycles. The molecule has 0 saturated carbocycles. The molecule has 0 radical (unpaired) electrons. The van der Waals surface area contributed by atoms with Gasteiger partial charge in [0.2, 0.25) is 5.91 Å². The summed E-state index contributed by atoms with van der Waals surface area (Å²) in [6.45, 7) is 6.42. The van der Waals surface area contributed by atoms with E-state index in [4.69, 9.17) is 10.5 Å². The van der Waals surface area contributed by atoms with Crippen LogP contribution in [-0.4, -0.2) is 59.2 Å². The molecule has 1 aromatic heterocycles. The molecule has 178 valence electrons. The number of benzene rings is 1. The van der Waals surface area contributed by atoms with Crippen molar-refractivity contribution in [3.63, 3.8) is 0 Å². The van der Waals surface area contributed by atoms with Crippen LogP contribution in [0.25, 0.3) is 0 Å². The van der Waals surface area contributed by atoms with Gasteiger partial charge in [-0.3, -0.25) is 14.9 Å². The van der Waals surface area contributed by atoms with Gasteiger partial charge in [0.1, 0.15) is 11.1 Å². The summed E-state index contributed by atoms with van der Waals surface area (Å²) in [4.78, 5) is 45.7. The van der Waals surface area contributed by atoms with Gasteiger partial charge in [-0.2, -0.15) is 0 Å². The Kier molecular flexibility index (Phi) is 6.92. The molecule has 1 fully saturated rings. The lowest BCUT2D eigenvalue weighted by Gasteiger charge is -2.41. The molecule has 1 aromatic carbocycles. The highest BCUT2D eigenvalue weighted by molar-refractivity contribution is 6.04. The van der Waals surface area contributed by atoms with E-state index in [1.54, 1.807) is 52.2 Å².